The van der Waals surface area contributed by atoms with E-state index in [-0.39, 0.29) is 0 Å². The van der Waals surface area contributed by atoms with Crippen LogP contribution >= 0.6 is 11.3 Å². The summed E-state index contributed by atoms with van der Waals surface area (Å²) in [6, 6.07) is 16.6. The number of fused-ring (bicyclic) bond motifs is 1. The van der Waals surface area contributed by atoms with Crippen molar-refractivity contribution in [1.82, 2.24) is 9.88 Å². The molecule has 0 aliphatic heterocycles. The van der Waals surface area contributed by atoms with Gasteiger partial charge in [0.2, 0.25) is 0 Å². The maximum atomic E-state index is 5.91. The summed E-state index contributed by atoms with van der Waals surface area (Å²) in [6.45, 7) is 8.89. The molecule has 1 aromatic heterocycles. The molecule has 0 aliphatic carbocycles. The molecule has 2 aromatic carbocycles. The Balaban J connectivity index is 1.41. The standard InChI is InChI=1S/C25H32N2OS/c1-3-17-27(18-4-2)19-7-8-20-28-22-14-11-21(12-15-22)13-16-25-26-23-9-5-6-10-24(23)29-25/h5-6,9-16H,3-4,7-8,17-20H2,1-2H3/b16-13+. The van der Waals surface area contributed by atoms with Crippen LogP contribution in [0.15, 0.2) is 48.5 Å². The molecular weight excluding hydrogens is 376 g/mol. The van der Waals surface area contributed by atoms with Crippen molar-refractivity contribution < 1.29 is 4.74 Å². The number of benzene rings is 2. The summed E-state index contributed by atoms with van der Waals surface area (Å²) in [4.78, 5) is 7.20. The molecule has 3 rings (SSSR count). The van der Waals surface area contributed by atoms with Gasteiger partial charge >= 0.3 is 0 Å². The molecule has 154 valence electrons. The molecule has 0 amide bonds. The normalized spacial score (nSPS) is 11.7. The zero-order valence-electron chi connectivity index (χ0n) is 17.6. The SMILES string of the molecule is CCCN(CCC)CCCCOc1ccc(/C=C/c2nc3ccccc3s2)cc1. The fourth-order valence-corrected chi connectivity index (χ4v) is 4.27. The lowest BCUT2D eigenvalue weighted by atomic mass is 10.2. The maximum Gasteiger partial charge on any atom is 0.119 e. The van der Waals surface area contributed by atoms with Gasteiger partial charge in [0.15, 0.2) is 0 Å². The molecule has 29 heavy (non-hydrogen) atoms. The first-order chi connectivity index (χ1) is 14.3. The minimum Gasteiger partial charge on any atom is -0.494 e. The van der Waals surface area contributed by atoms with Gasteiger partial charge in [-0.25, -0.2) is 4.98 Å². The van der Waals surface area contributed by atoms with Crippen LogP contribution in [0.4, 0.5) is 0 Å². The Morgan fingerprint density at radius 3 is 2.38 bits per heavy atom. The summed E-state index contributed by atoms with van der Waals surface area (Å²) in [6.07, 6.45) is 8.95. The van der Waals surface area contributed by atoms with Crippen LogP contribution in [0, 0.1) is 0 Å². The third kappa shape index (κ3) is 6.98. The van der Waals surface area contributed by atoms with Crippen LogP contribution in [-0.4, -0.2) is 36.1 Å². The second kappa shape index (κ2) is 11.7. The highest BCUT2D eigenvalue weighted by atomic mass is 32.1. The van der Waals surface area contributed by atoms with E-state index in [2.05, 4.69) is 78.3 Å². The predicted molar refractivity (Wildman–Crippen MR) is 127 cm³/mol. The van der Waals surface area contributed by atoms with Gasteiger partial charge in [-0.3, -0.25) is 0 Å². The fraction of sp³-hybridized carbons (Fsp3) is 0.400. The molecule has 0 aliphatic rings. The van der Waals surface area contributed by atoms with Crippen LogP contribution in [0.2, 0.25) is 0 Å². The Kier molecular flexibility index (Phi) is 8.72. The zero-order valence-corrected chi connectivity index (χ0v) is 18.5. The van der Waals surface area contributed by atoms with Gasteiger partial charge in [-0.1, -0.05) is 44.2 Å². The third-order valence-electron chi connectivity index (χ3n) is 4.83. The highest BCUT2D eigenvalue weighted by molar-refractivity contribution is 7.19. The Bertz CT molecular complexity index is 846. The third-order valence-corrected chi connectivity index (χ3v) is 5.83. The molecule has 0 N–H and O–H groups in total. The van der Waals surface area contributed by atoms with E-state index in [4.69, 9.17) is 4.74 Å². The van der Waals surface area contributed by atoms with Crippen molar-refractivity contribution in [3.63, 3.8) is 0 Å². The smallest absolute Gasteiger partial charge is 0.119 e. The van der Waals surface area contributed by atoms with Crippen LogP contribution in [0.25, 0.3) is 22.4 Å². The molecule has 0 saturated carbocycles. The summed E-state index contributed by atoms with van der Waals surface area (Å²) in [7, 11) is 0. The second-order valence-corrected chi connectivity index (χ2v) is 8.38. The van der Waals surface area contributed by atoms with Gasteiger partial charge in [-0.05, 0) is 81.2 Å². The largest absolute Gasteiger partial charge is 0.494 e. The van der Waals surface area contributed by atoms with Crippen molar-refractivity contribution in [2.45, 2.75) is 39.5 Å². The van der Waals surface area contributed by atoms with Crippen LogP contribution in [-0.2, 0) is 0 Å². The lowest BCUT2D eigenvalue weighted by molar-refractivity contribution is 0.250. The van der Waals surface area contributed by atoms with E-state index >= 15 is 0 Å². The number of thiazole rings is 1. The van der Waals surface area contributed by atoms with Gasteiger partial charge < -0.3 is 9.64 Å². The average molecular weight is 409 g/mol. The molecule has 3 aromatic rings. The highest BCUT2D eigenvalue weighted by Crippen LogP contribution is 2.23. The molecule has 0 spiro atoms. The maximum absolute atomic E-state index is 5.91. The molecule has 0 fully saturated rings. The van der Waals surface area contributed by atoms with E-state index in [1.807, 2.05) is 6.07 Å². The van der Waals surface area contributed by atoms with E-state index < -0.39 is 0 Å². The van der Waals surface area contributed by atoms with Crippen molar-refractivity contribution in [2.24, 2.45) is 0 Å². The number of aromatic nitrogens is 1. The first-order valence-electron chi connectivity index (χ1n) is 10.8. The second-order valence-electron chi connectivity index (χ2n) is 7.32. The Morgan fingerprint density at radius 2 is 1.66 bits per heavy atom. The number of para-hydroxylation sites is 1. The average Bonchev–Trinajstić information content (AvgIpc) is 3.16. The van der Waals surface area contributed by atoms with Crippen LogP contribution in [0.5, 0.6) is 5.75 Å². The molecule has 0 bridgehead atoms. The van der Waals surface area contributed by atoms with Gasteiger partial charge in [0.25, 0.3) is 0 Å². The highest BCUT2D eigenvalue weighted by Gasteiger charge is 2.02. The summed E-state index contributed by atoms with van der Waals surface area (Å²) in [5, 5.41) is 1.03. The van der Waals surface area contributed by atoms with Crippen molar-refractivity contribution in [1.29, 1.82) is 0 Å². The zero-order chi connectivity index (χ0) is 20.3. The Hall–Kier alpha value is -2.17. The van der Waals surface area contributed by atoms with Crippen molar-refractivity contribution in [3.8, 4) is 5.75 Å². The van der Waals surface area contributed by atoms with Crippen LogP contribution < -0.4 is 4.74 Å². The van der Waals surface area contributed by atoms with Gasteiger partial charge in [-0.15, -0.1) is 11.3 Å². The number of ether oxygens (including phenoxy) is 1. The lowest BCUT2D eigenvalue weighted by Crippen LogP contribution is -2.26. The Labute approximate surface area is 179 Å². The molecule has 1 heterocycles. The lowest BCUT2D eigenvalue weighted by Gasteiger charge is -2.20. The topological polar surface area (TPSA) is 25.4 Å². The van der Waals surface area contributed by atoms with E-state index in [1.165, 1.54) is 43.6 Å². The van der Waals surface area contributed by atoms with Gasteiger partial charge in [0.1, 0.15) is 10.8 Å². The molecule has 0 saturated heterocycles. The quantitative estimate of drug-likeness (QED) is 0.310. The van der Waals surface area contributed by atoms with Crippen molar-refractivity contribution in [3.05, 3.63) is 59.1 Å². The van der Waals surface area contributed by atoms with E-state index in [1.54, 1.807) is 11.3 Å². The molecule has 4 heteroatoms. The molecule has 0 unspecified atom stereocenters. The minimum atomic E-state index is 0.785. The molecule has 0 atom stereocenters. The van der Waals surface area contributed by atoms with E-state index in [0.717, 1.165) is 34.9 Å². The Morgan fingerprint density at radius 1 is 0.897 bits per heavy atom. The van der Waals surface area contributed by atoms with Gasteiger partial charge in [0.05, 0.1) is 16.8 Å². The van der Waals surface area contributed by atoms with Crippen molar-refractivity contribution >= 4 is 33.7 Å². The van der Waals surface area contributed by atoms with Crippen LogP contribution in [0.1, 0.15) is 50.1 Å². The van der Waals surface area contributed by atoms with Crippen molar-refractivity contribution in [2.75, 3.05) is 26.2 Å². The number of unbranched alkanes of at least 4 members (excludes halogenated alkanes) is 1. The minimum absolute atomic E-state index is 0.785. The number of nitrogens with zero attached hydrogens (tertiary/aromatic N) is 2. The summed E-state index contributed by atoms with van der Waals surface area (Å²) in [5.74, 6) is 0.945. The molecule has 0 radical (unpaired) electrons. The predicted octanol–water partition coefficient (Wildman–Crippen LogP) is 6.75. The summed E-state index contributed by atoms with van der Waals surface area (Å²) in [5.41, 5.74) is 2.22. The van der Waals surface area contributed by atoms with Crippen LogP contribution in [0.3, 0.4) is 0 Å². The first kappa shape index (κ1) is 21.5. The monoisotopic (exact) mass is 408 g/mol. The first-order valence-corrected chi connectivity index (χ1v) is 11.6. The number of hydrogen-bond donors (Lipinski definition) is 0. The van der Waals surface area contributed by atoms with E-state index in [0.29, 0.717) is 0 Å². The summed E-state index contributed by atoms with van der Waals surface area (Å²) < 4.78 is 7.14. The van der Waals surface area contributed by atoms with Gasteiger partial charge in [-0.2, -0.15) is 0 Å². The van der Waals surface area contributed by atoms with E-state index in [9.17, 15) is 0 Å². The molecule has 3 nitrogen and oxygen atoms in total. The molecular formula is C25H32N2OS. The fourth-order valence-electron chi connectivity index (χ4n) is 3.40. The number of hydrogen-bond acceptors (Lipinski definition) is 4. The number of rotatable bonds is 12. The van der Waals surface area contributed by atoms with Gasteiger partial charge in [0, 0.05) is 0 Å². The summed E-state index contributed by atoms with van der Waals surface area (Å²) >= 11 is 1.72.